The Morgan fingerprint density at radius 1 is 1.03 bits per heavy atom. The number of anilines is 1. The molecule has 1 aromatic heterocycles. The molecular formula is C24H28N4OS. The average Bonchev–Trinajstić information content (AvgIpc) is 2.78. The van der Waals surface area contributed by atoms with Gasteiger partial charge < -0.3 is 10.6 Å². The summed E-state index contributed by atoms with van der Waals surface area (Å²) in [6.45, 7) is 2.59. The summed E-state index contributed by atoms with van der Waals surface area (Å²) in [4.78, 5) is 21.7. The minimum absolute atomic E-state index is 0.0147. The summed E-state index contributed by atoms with van der Waals surface area (Å²) in [6.07, 6.45) is 6.22. The summed E-state index contributed by atoms with van der Waals surface area (Å²) in [5.41, 5.74) is 3.22. The number of thioether (sulfide) groups is 1. The predicted molar refractivity (Wildman–Crippen MR) is 124 cm³/mol. The third kappa shape index (κ3) is 5.51. The molecule has 0 radical (unpaired) electrons. The number of aromatic nitrogens is 2. The van der Waals surface area contributed by atoms with Crippen LogP contribution in [0.1, 0.15) is 43.2 Å². The van der Waals surface area contributed by atoms with Gasteiger partial charge in [0, 0.05) is 18.0 Å². The van der Waals surface area contributed by atoms with Gasteiger partial charge in [-0.25, -0.2) is 9.97 Å². The molecule has 3 aromatic rings. The van der Waals surface area contributed by atoms with Gasteiger partial charge in [-0.15, -0.1) is 0 Å². The number of aryl methyl sites for hydroxylation is 1. The van der Waals surface area contributed by atoms with E-state index in [4.69, 9.17) is 4.98 Å². The van der Waals surface area contributed by atoms with Crippen LogP contribution in [0, 0.1) is 6.92 Å². The molecule has 0 atom stereocenters. The number of carbonyl (C=O) groups is 1. The van der Waals surface area contributed by atoms with Gasteiger partial charge in [0.25, 0.3) is 0 Å². The molecule has 156 valence electrons. The summed E-state index contributed by atoms with van der Waals surface area (Å²) < 4.78 is 0. The number of rotatable bonds is 7. The number of para-hydroxylation sites is 1. The van der Waals surface area contributed by atoms with Crippen LogP contribution in [0.15, 0.2) is 53.7 Å². The molecule has 30 heavy (non-hydrogen) atoms. The van der Waals surface area contributed by atoms with Gasteiger partial charge in [-0.1, -0.05) is 73.0 Å². The zero-order valence-electron chi connectivity index (χ0n) is 17.4. The van der Waals surface area contributed by atoms with Crippen LogP contribution < -0.4 is 10.6 Å². The monoisotopic (exact) mass is 420 g/mol. The van der Waals surface area contributed by atoms with Crippen molar-refractivity contribution in [2.24, 2.45) is 0 Å². The molecule has 0 unspecified atom stereocenters. The predicted octanol–water partition coefficient (Wildman–Crippen LogP) is 5.09. The van der Waals surface area contributed by atoms with Crippen LogP contribution >= 0.6 is 11.8 Å². The van der Waals surface area contributed by atoms with Gasteiger partial charge in [0.2, 0.25) is 5.91 Å². The number of benzene rings is 2. The van der Waals surface area contributed by atoms with Crippen molar-refractivity contribution in [3.63, 3.8) is 0 Å². The van der Waals surface area contributed by atoms with Gasteiger partial charge in [0.1, 0.15) is 5.82 Å². The number of nitrogens with one attached hydrogen (secondary N) is 2. The molecule has 5 nitrogen and oxygen atoms in total. The summed E-state index contributed by atoms with van der Waals surface area (Å²) in [6, 6.07) is 16.7. The molecule has 2 aromatic carbocycles. The molecule has 6 heteroatoms. The van der Waals surface area contributed by atoms with Crippen molar-refractivity contribution in [3.8, 4) is 0 Å². The number of fused-ring (bicyclic) bond motifs is 1. The van der Waals surface area contributed by atoms with Gasteiger partial charge in [-0.05, 0) is 37.5 Å². The number of hydrogen-bond donors (Lipinski definition) is 2. The van der Waals surface area contributed by atoms with Crippen molar-refractivity contribution in [2.45, 2.75) is 56.8 Å². The molecule has 2 N–H and O–H groups in total. The van der Waals surface area contributed by atoms with Crippen molar-refractivity contribution in [1.29, 1.82) is 0 Å². The van der Waals surface area contributed by atoms with E-state index in [1.807, 2.05) is 30.3 Å². The first-order valence-corrected chi connectivity index (χ1v) is 11.6. The molecule has 4 rings (SSSR count). The van der Waals surface area contributed by atoms with E-state index in [2.05, 4.69) is 40.7 Å². The summed E-state index contributed by atoms with van der Waals surface area (Å²) in [7, 11) is 0. The summed E-state index contributed by atoms with van der Waals surface area (Å²) >= 11 is 1.38. The molecule has 1 aliphatic carbocycles. The lowest BCUT2D eigenvalue weighted by Gasteiger charge is -2.24. The highest BCUT2D eigenvalue weighted by molar-refractivity contribution is 7.99. The van der Waals surface area contributed by atoms with Crippen LogP contribution in [0.2, 0.25) is 0 Å². The van der Waals surface area contributed by atoms with Crippen LogP contribution in [0.4, 0.5) is 5.82 Å². The van der Waals surface area contributed by atoms with Crippen LogP contribution in [-0.2, 0) is 11.3 Å². The Labute approximate surface area is 182 Å². The van der Waals surface area contributed by atoms with E-state index in [0.717, 1.165) is 22.3 Å². The third-order valence-corrected chi connectivity index (χ3v) is 6.32. The molecule has 0 bridgehead atoms. The van der Waals surface area contributed by atoms with Gasteiger partial charge in [-0.3, -0.25) is 4.79 Å². The van der Waals surface area contributed by atoms with E-state index in [0.29, 0.717) is 23.5 Å². The second-order valence-corrected chi connectivity index (χ2v) is 8.84. The fourth-order valence-corrected chi connectivity index (χ4v) is 4.44. The quantitative estimate of drug-likeness (QED) is 0.412. The maximum absolute atomic E-state index is 12.3. The molecular weight excluding hydrogens is 392 g/mol. The zero-order chi connectivity index (χ0) is 20.8. The largest absolute Gasteiger partial charge is 0.367 e. The standard InChI is InChI=1S/C24H28N4OS/c1-17-11-13-18(14-12-17)15-25-22(29)16-30-24-27-21-10-6-5-9-20(21)23(28-24)26-19-7-3-2-4-8-19/h5-6,9-14,19H,2-4,7-8,15-16H2,1H3,(H,25,29)(H,26,27,28). The first-order chi connectivity index (χ1) is 14.7. The minimum atomic E-state index is -0.0147. The molecule has 1 amide bonds. The zero-order valence-corrected chi connectivity index (χ0v) is 18.2. The normalized spacial score (nSPS) is 14.6. The van der Waals surface area contributed by atoms with E-state index in [9.17, 15) is 4.79 Å². The second kappa shape index (κ2) is 9.94. The Morgan fingerprint density at radius 2 is 1.80 bits per heavy atom. The number of carbonyl (C=O) groups excluding carboxylic acids is 1. The highest BCUT2D eigenvalue weighted by Crippen LogP contribution is 2.27. The summed E-state index contributed by atoms with van der Waals surface area (Å²) in [5.74, 6) is 1.17. The summed E-state index contributed by atoms with van der Waals surface area (Å²) in [5, 5.41) is 8.29. The van der Waals surface area contributed by atoms with Crippen molar-refractivity contribution in [3.05, 3.63) is 59.7 Å². The number of amides is 1. The minimum Gasteiger partial charge on any atom is -0.367 e. The van der Waals surface area contributed by atoms with Crippen molar-refractivity contribution < 1.29 is 4.79 Å². The van der Waals surface area contributed by atoms with E-state index < -0.39 is 0 Å². The Bertz CT molecular complexity index is 1000. The van der Waals surface area contributed by atoms with Crippen LogP contribution in [-0.4, -0.2) is 27.7 Å². The highest BCUT2D eigenvalue weighted by atomic mass is 32.2. The van der Waals surface area contributed by atoms with E-state index in [-0.39, 0.29) is 5.91 Å². The maximum atomic E-state index is 12.3. The van der Waals surface area contributed by atoms with Gasteiger partial charge in [0.15, 0.2) is 5.16 Å². The topological polar surface area (TPSA) is 66.9 Å². The van der Waals surface area contributed by atoms with E-state index in [1.54, 1.807) is 0 Å². The van der Waals surface area contributed by atoms with Gasteiger partial charge >= 0.3 is 0 Å². The molecule has 1 fully saturated rings. The first-order valence-electron chi connectivity index (χ1n) is 10.7. The first kappa shape index (κ1) is 20.7. The van der Waals surface area contributed by atoms with Crippen LogP contribution in [0.25, 0.3) is 10.9 Å². The van der Waals surface area contributed by atoms with Gasteiger partial charge in [0.05, 0.1) is 11.3 Å². The Balaban J connectivity index is 1.40. The Hall–Kier alpha value is -2.60. The average molecular weight is 421 g/mol. The van der Waals surface area contributed by atoms with E-state index in [1.165, 1.54) is 49.4 Å². The number of nitrogens with zero attached hydrogens (tertiary/aromatic N) is 2. The van der Waals surface area contributed by atoms with Crippen molar-refractivity contribution >= 4 is 34.4 Å². The lowest BCUT2D eigenvalue weighted by molar-refractivity contribution is -0.118. The fraction of sp³-hybridized carbons (Fsp3) is 0.375. The lowest BCUT2D eigenvalue weighted by atomic mass is 9.95. The van der Waals surface area contributed by atoms with Crippen molar-refractivity contribution in [1.82, 2.24) is 15.3 Å². The van der Waals surface area contributed by atoms with Crippen LogP contribution in [0.3, 0.4) is 0 Å². The Morgan fingerprint density at radius 3 is 2.60 bits per heavy atom. The molecule has 1 heterocycles. The smallest absolute Gasteiger partial charge is 0.230 e. The molecule has 0 aliphatic heterocycles. The Kier molecular flexibility index (Phi) is 6.84. The maximum Gasteiger partial charge on any atom is 0.230 e. The fourth-order valence-electron chi connectivity index (χ4n) is 3.76. The SMILES string of the molecule is Cc1ccc(CNC(=O)CSc2nc(NC3CCCCC3)c3ccccc3n2)cc1. The lowest BCUT2D eigenvalue weighted by Crippen LogP contribution is -2.25. The third-order valence-electron chi connectivity index (χ3n) is 5.47. The van der Waals surface area contributed by atoms with Crippen LogP contribution in [0.5, 0.6) is 0 Å². The highest BCUT2D eigenvalue weighted by Gasteiger charge is 2.16. The molecule has 1 aliphatic rings. The van der Waals surface area contributed by atoms with E-state index >= 15 is 0 Å². The molecule has 0 spiro atoms. The van der Waals surface area contributed by atoms with Gasteiger partial charge in [-0.2, -0.15) is 0 Å². The number of hydrogen-bond acceptors (Lipinski definition) is 5. The molecule has 1 saturated carbocycles. The molecule has 0 saturated heterocycles. The second-order valence-electron chi connectivity index (χ2n) is 7.90. The van der Waals surface area contributed by atoms with Crippen molar-refractivity contribution in [2.75, 3.05) is 11.1 Å².